The molecule has 2 unspecified atom stereocenters. The summed E-state index contributed by atoms with van der Waals surface area (Å²) in [6.07, 6.45) is 8.19. The van der Waals surface area contributed by atoms with Gasteiger partial charge < -0.3 is 15.8 Å². The summed E-state index contributed by atoms with van der Waals surface area (Å²) in [5, 5.41) is 3.72. The van der Waals surface area contributed by atoms with Crippen LogP contribution in [0.2, 0.25) is 0 Å². The van der Waals surface area contributed by atoms with E-state index in [-0.39, 0.29) is 11.6 Å². The molecule has 1 rings (SSSR count). The Balaban J connectivity index is 2.53. The van der Waals surface area contributed by atoms with Crippen LogP contribution in [0.5, 0.6) is 0 Å². The first-order valence-corrected chi connectivity index (χ1v) is 6.63. The van der Waals surface area contributed by atoms with E-state index in [4.69, 9.17) is 10.5 Å². The fourth-order valence-corrected chi connectivity index (χ4v) is 2.49. The smallest absolute Gasteiger partial charge is 0.0734 e. The predicted molar refractivity (Wildman–Crippen MR) is 68.6 cm³/mol. The molecule has 0 saturated heterocycles. The van der Waals surface area contributed by atoms with Gasteiger partial charge in [-0.25, -0.2) is 0 Å². The lowest BCUT2D eigenvalue weighted by Crippen LogP contribution is -2.59. The third-order valence-electron chi connectivity index (χ3n) is 4.06. The van der Waals surface area contributed by atoms with Gasteiger partial charge in [0.05, 0.1) is 11.6 Å². The first-order chi connectivity index (χ1) is 7.62. The predicted octanol–water partition coefficient (Wildman–Crippen LogP) is 2.05. The van der Waals surface area contributed by atoms with Crippen LogP contribution in [-0.4, -0.2) is 31.3 Å². The Kier molecular flexibility index (Phi) is 5.73. The molecule has 0 aliphatic heterocycles. The van der Waals surface area contributed by atoms with Crippen molar-refractivity contribution in [1.29, 1.82) is 0 Å². The average molecular weight is 228 g/mol. The standard InChI is InChI=1S/C13H28N2O/c1-11(16-3)13(2,10-14)15-12-8-6-4-5-7-9-12/h11-12,15H,4-10,14H2,1-3H3. The maximum Gasteiger partial charge on any atom is 0.0734 e. The van der Waals surface area contributed by atoms with E-state index in [0.29, 0.717) is 12.6 Å². The molecule has 0 heterocycles. The van der Waals surface area contributed by atoms with Gasteiger partial charge in [0.2, 0.25) is 0 Å². The molecule has 3 nitrogen and oxygen atoms in total. The van der Waals surface area contributed by atoms with Crippen LogP contribution in [0, 0.1) is 0 Å². The first-order valence-electron chi connectivity index (χ1n) is 6.63. The maximum atomic E-state index is 5.90. The summed E-state index contributed by atoms with van der Waals surface area (Å²) in [5.74, 6) is 0. The Hall–Kier alpha value is -0.120. The van der Waals surface area contributed by atoms with Gasteiger partial charge in [0, 0.05) is 19.7 Å². The third kappa shape index (κ3) is 3.72. The summed E-state index contributed by atoms with van der Waals surface area (Å²) in [6, 6.07) is 0.619. The molecule has 3 N–H and O–H groups in total. The minimum absolute atomic E-state index is 0.0935. The molecular weight excluding hydrogens is 200 g/mol. The fraction of sp³-hybridized carbons (Fsp3) is 1.00. The zero-order chi connectivity index (χ0) is 12.0. The van der Waals surface area contributed by atoms with E-state index < -0.39 is 0 Å². The van der Waals surface area contributed by atoms with Crippen molar-refractivity contribution in [3.05, 3.63) is 0 Å². The highest BCUT2D eigenvalue weighted by molar-refractivity contribution is 4.93. The molecule has 96 valence electrons. The van der Waals surface area contributed by atoms with Gasteiger partial charge in [0.15, 0.2) is 0 Å². The van der Waals surface area contributed by atoms with Gasteiger partial charge in [0.25, 0.3) is 0 Å². The molecule has 16 heavy (non-hydrogen) atoms. The van der Waals surface area contributed by atoms with Crippen LogP contribution < -0.4 is 11.1 Å². The molecule has 0 bridgehead atoms. The number of nitrogens with two attached hydrogens (primary N) is 1. The monoisotopic (exact) mass is 228 g/mol. The lowest BCUT2D eigenvalue weighted by atomic mass is 9.93. The minimum Gasteiger partial charge on any atom is -0.380 e. The summed E-state index contributed by atoms with van der Waals surface area (Å²) < 4.78 is 5.44. The quantitative estimate of drug-likeness (QED) is 0.708. The molecule has 1 fully saturated rings. The van der Waals surface area contributed by atoms with Crippen LogP contribution in [0.25, 0.3) is 0 Å². The topological polar surface area (TPSA) is 47.3 Å². The molecule has 1 aliphatic rings. The van der Waals surface area contributed by atoms with Crippen molar-refractivity contribution in [2.45, 2.75) is 70.1 Å². The largest absolute Gasteiger partial charge is 0.380 e. The fourth-order valence-electron chi connectivity index (χ4n) is 2.49. The molecule has 1 aliphatic carbocycles. The second kappa shape index (κ2) is 6.58. The highest BCUT2D eigenvalue weighted by Crippen LogP contribution is 2.21. The highest BCUT2D eigenvalue weighted by atomic mass is 16.5. The van der Waals surface area contributed by atoms with Crippen LogP contribution in [0.3, 0.4) is 0 Å². The molecular formula is C13H28N2O. The second-order valence-corrected chi connectivity index (χ2v) is 5.33. The molecule has 1 saturated carbocycles. The van der Waals surface area contributed by atoms with Crippen LogP contribution in [0.15, 0.2) is 0 Å². The number of hydrogen-bond donors (Lipinski definition) is 2. The van der Waals surface area contributed by atoms with E-state index in [2.05, 4.69) is 19.2 Å². The van der Waals surface area contributed by atoms with Crippen molar-refractivity contribution in [3.8, 4) is 0 Å². The van der Waals surface area contributed by atoms with Gasteiger partial charge in [-0.05, 0) is 26.7 Å². The maximum absolute atomic E-state index is 5.90. The van der Waals surface area contributed by atoms with Crippen LogP contribution in [-0.2, 0) is 4.74 Å². The zero-order valence-electron chi connectivity index (χ0n) is 11.1. The Bertz CT molecular complexity index is 190. The average Bonchev–Trinajstić information content (AvgIpc) is 2.56. The highest BCUT2D eigenvalue weighted by Gasteiger charge is 2.32. The SMILES string of the molecule is COC(C)C(C)(CN)NC1CCCCCC1. The van der Waals surface area contributed by atoms with Crippen LogP contribution in [0.1, 0.15) is 52.4 Å². The Morgan fingerprint density at radius 2 is 1.88 bits per heavy atom. The number of rotatable bonds is 5. The van der Waals surface area contributed by atoms with Gasteiger partial charge in [-0.3, -0.25) is 0 Å². The van der Waals surface area contributed by atoms with Gasteiger partial charge in [-0.2, -0.15) is 0 Å². The zero-order valence-corrected chi connectivity index (χ0v) is 11.1. The van der Waals surface area contributed by atoms with Gasteiger partial charge in [-0.1, -0.05) is 25.7 Å². The summed E-state index contributed by atoms with van der Waals surface area (Å²) in [4.78, 5) is 0. The Labute approximate surface area is 100 Å². The number of hydrogen-bond acceptors (Lipinski definition) is 3. The van der Waals surface area contributed by atoms with Crippen LogP contribution >= 0.6 is 0 Å². The van der Waals surface area contributed by atoms with E-state index in [1.165, 1.54) is 38.5 Å². The van der Waals surface area contributed by atoms with Crippen molar-refractivity contribution in [1.82, 2.24) is 5.32 Å². The molecule has 0 aromatic carbocycles. The van der Waals surface area contributed by atoms with Gasteiger partial charge in [0.1, 0.15) is 0 Å². The molecule has 0 radical (unpaired) electrons. The van der Waals surface area contributed by atoms with Crippen molar-refractivity contribution >= 4 is 0 Å². The summed E-state index contributed by atoms with van der Waals surface area (Å²) in [5.41, 5.74) is 5.80. The van der Waals surface area contributed by atoms with Gasteiger partial charge in [-0.15, -0.1) is 0 Å². The number of nitrogens with one attached hydrogen (secondary N) is 1. The Morgan fingerprint density at radius 3 is 2.31 bits per heavy atom. The molecule has 0 aromatic rings. The molecule has 0 aromatic heterocycles. The van der Waals surface area contributed by atoms with E-state index in [1.807, 2.05) is 0 Å². The van der Waals surface area contributed by atoms with Crippen molar-refractivity contribution < 1.29 is 4.74 Å². The first kappa shape index (κ1) is 13.9. The Morgan fingerprint density at radius 1 is 1.31 bits per heavy atom. The summed E-state index contributed by atoms with van der Waals surface area (Å²) in [6.45, 7) is 4.89. The summed E-state index contributed by atoms with van der Waals surface area (Å²) in [7, 11) is 1.76. The molecule has 0 spiro atoms. The third-order valence-corrected chi connectivity index (χ3v) is 4.06. The van der Waals surface area contributed by atoms with E-state index in [9.17, 15) is 0 Å². The normalized spacial score (nSPS) is 24.8. The van der Waals surface area contributed by atoms with Crippen molar-refractivity contribution in [2.24, 2.45) is 5.73 Å². The summed E-state index contributed by atoms with van der Waals surface area (Å²) >= 11 is 0. The molecule has 0 amide bonds. The number of methoxy groups -OCH3 is 1. The molecule has 2 atom stereocenters. The van der Waals surface area contributed by atoms with Crippen LogP contribution in [0.4, 0.5) is 0 Å². The molecule has 3 heteroatoms. The van der Waals surface area contributed by atoms with Crippen molar-refractivity contribution in [3.63, 3.8) is 0 Å². The van der Waals surface area contributed by atoms with Crippen molar-refractivity contribution in [2.75, 3.05) is 13.7 Å². The van der Waals surface area contributed by atoms with E-state index in [0.717, 1.165) is 0 Å². The van der Waals surface area contributed by atoms with E-state index >= 15 is 0 Å². The lowest BCUT2D eigenvalue weighted by Gasteiger charge is -2.38. The van der Waals surface area contributed by atoms with E-state index in [1.54, 1.807) is 7.11 Å². The lowest BCUT2D eigenvalue weighted by molar-refractivity contribution is 0.0349. The minimum atomic E-state index is -0.0935. The second-order valence-electron chi connectivity index (χ2n) is 5.33. The van der Waals surface area contributed by atoms with Gasteiger partial charge >= 0.3 is 0 Å². The number of ether oxygens (including phenoxy) is 1.